The summed E-state index contributed by atoms with van der Waals surface area (Å²) in [7, 11) is 0. The van der Waals surface area contributed by atoms with Crippen LogP contribution in [-0.2, 0) is 25.9 Å². The normalized spacial score (nSPS) is 21.6. The molecule has 4 amide bonds. The number of fused-ring (bicyclic) bond motifs is 1. The van der Waals surface area contributed by atoms with Crippen molar-refractivity contribution < 1.29 is 23.7 Å². The van der Waals surface area contributed by atoms with Gasteiger partial charge < -0.3 is 29.0 Å². The van der Waals surface area contributed by atoms with Gasteiger partial charge in [-0.2, -0.15) is 4.72 Å². The van der Waals surface area contributed by atoms with Crippen LogP contribution in [0.5, 0.6) is 0 Å². The van der Waals surface area contributed by atoms with Gasteiger partial charge in [0.1, 0.15) is 11.5 Å². The van der Waals surface area contributed by atoms with Crippen molar-refractivity contribution in [2.75, 3.05) is 81.6 Å². The summed E-state index contributed by atoms with van der Waals surface area (Å²) >= 11 is -1.49. The minimum Gasteiger partial charge on any atom is -0.574 e. The molecule has 7 heterocycles. The van der Waals surface area contributed by atoms with E-state index in [0.717, 1.165) is 139 Å². The number of hydrogen-bond donors (Lipinski definition) is 4. The average molecular weight is 878 g/mol. The number of hydrogen-bond acceptors (Lipinski definition) is 12. The van der Waals surface area contributed by atoms with E-state index in [1.54, 1.807) is 12.3 Å². The molecule has 4 aliphatic heterocycles. The molecule has 4 N–H and O–H groups in total. The fourth-order valence-corrected chi connectivity index (χ4v) is 10.3. The molecular formula is C46H59N11O5S. The topological polar surface area (TPSA) is 183 Å². The highest BCUT2D eigenvalue weighted by Gasteiger charge is 2.33. The van der Waals surface area contributed by atoms with E-state index < -0.39 is 11.5 Å². The second-order valence-corrected chi connectivity index (χ2v) is 18.9. The van der Waals surface area contributed by atoms with E-state index >= 15 is 0 Å². The monoisotopic (exact) mass is 877 g/mol. The molecule has 334 valence electrons. The van der Waals surface area contributed by atoms with Gasteiger partial charge in [0.25, 0.3) is 5.91 Å². The molecule has 5 fully saturated rings. The second-order valence-electron chi connectivity index (χ2n) is 17.9. The number of carbonyl (C=O) groups is 4. The van der Waals surface area contributed by atoms with Gasteiger partial charge in [-0.1, -0.05) is 12.1 Å². The molecule has 63 heavy (non-hydrogen) atoms. The van der Waals surface area contributed by atoms with Crippen LogP contribution in [0.15, 0.2) is 67.1 Å². The number of carbonyl (C=O) groups excluding carboxylic acids is 4. The second kappa shape index (κ2) is 19.8. The number of piperazine rings is 1. The number of likely N-dealkylation sites (tertiary alicyclic amines) is 1. The number of pyridine rings is 2. The van der Waals surface area contributed by atoms with Gasteiger partial charge in [0.05, 0.1) is 29.4 Å². The third-order valence-corrected chi connectivity index (χ3v) is 14.6. The molecular weight excluding hydrogens is 819 g/mol. The van der Waals surface area contributed by atoms with Crippen molar-refractivity contribution in [2.45, 2.75) is 69.7 Å². The Bertz CT molecular complexity index is 2260. The molecule has 3 aromatic heterocycles. The first-order valence-electron chi connectivity index (χ1n) is 22.8. The van der Waals surface area contributed by atoms with Crippen LogP contribution in [0.2, 0.25) is 0 Å². The van der Waals surface area contributed by atoms with E-state index in [1.165, 1.54) is 0 Å². The summed E-state index contributed by atoms with van der Waals surface area (Å²) < 4.78 is 21.0. The van der Waals surface area contributed by atoms with Crippen molar-refractivity contribution in [1.29, 1.82) is 0 Å². The van der Waals surface area contributed by atoms with Crippen LogP contribution in [0.4, 0.5) is 11.5 Å². The van der Waals surface area contributed by atoms with E-state index in [4.69, 9.17) is 4.98 Å². The summed E-state index contributed by atoms with van der Waals surface area (Å²) in [6.07, 6.45) is 13.6. The Labute approximate surface area is 372 Å². The SMILES string of the molecule is O=C1CCC(c2ccnc(N3CCC(CN4CCC(C(=O)N5CCN(CCN[S+]([O-])Nc6cccc(-c7cn8cc(C(=O)NC9CCC9)ccc8n7)c6)CC5)CC4)CC3)c2)C(=O)N1. The number of rotatable bonds is 14. The number of anilines is 2. The van der Waals surface area contributed by atoms with Gasteiger partial charge in [0, 0.05) is 94.9 Å². The van der Waals surface area contributed by atoms with Gasteiger partial charge in [-0.25, -0.2) is 9.97 Å². The first kappa shape index (κ1) is 43.2. The zero-order chi connectivity index (χ0) is 43.3. The zero-order valence-electron chi connectivity index (χ0n) is 35.9. The van der Waals surface area contributed by atoms with E-state index in [0.29, 0.717) is 42.5 Å². The fourth-order valence-electron chi connectivity index (χ4n) is 9.63. The lowest BCUT2D eigenvalue weighted by atomic mass is 9.90. The molecule has 17 heteroatoms. The molecule has 0 spiro atoms. The molecule has 0 radical (unpaired) electrons. The molecule has 2 unspecified atom stereocenters. The van der Waals surface area contributed by atoms with Crippen molar-refractivity contribution in [3.05, 3.63) is 78.2 Å². The van der Waals surface area contributed by atoms with Crippen LogP contribution in [0, 0.1) is 11.8 Å². The molecule has 9 rings (SSSR count). The number of piperidine rings is 3. The summed E-state index contributed by atoms with van der Waals surface area (Å²) in [5.41, 5.74) is 4.61. The fraction of sp³-hybridized carbons (Fsp3) is 0.522. The summed E-state index contributed by atoms with van der Waals surface area (Å²) in [5.74, 6) is 1.10. The van der Waals surface area contributed by atoms with E-state index in [2.05, 4.69) is 39.8 Å². The molecule has 0 bridgehead atoms. The lowest BCUT2D eigenvalue weighted by molar-refractivity contribution is -0.139. The number of aromatic nitrogens is 3. The van der Waals surface area contributed by atoms with E-state index in [1.807, 2.05) is 64.2 Å². The third kappa shape index (κ3) is 10.7. The Balaban J connectivity index is 0.653. The minimum atomic E-state index is -1.49. The molecule has 1 saturated carbocycles. The summed E-state index contributed by atoms with van der Waals surface area (Å²) in [5, 5.41) is 5.55. The summed E-state index contributed by atoms with van der Waals surface area (Å²) in [6.45, 7) is 9.14. The number of imide groups is 1. The lowest BCUT2D eigenvalue weighted by Crippen LogP contribution is -2.53. The van der Waals surface area contributed by atoms with Crippen LogP contribution in [0.1, 0.15) is 79.6 Å². The zero-order valence-corrected chi connectivity index (χ0v) is 36.7. The molecule has 4 saturated heterocycles. The van der Waals surface area contributed by atoms with Crippen molar-refractivity contribution >= 4 is 52.3 Å². The summed E-state index contributed by atoms with van der Waals surface area (Å²) in [4.78, 5) is 68.9. The Morgan fingerprint density at radius 2 is 1.67 bits per heavy atom. The minimum absolute atomic E-state index is 0.0618. The van der Waals surface area contributed by atoms with Crippen molar-refractivity contribution in [3.63, 3.8) is 0 Å². The molecule has 5 aliphatic rings. The maximum absolute atomic E-state index is 13.6. The predicted octanol–water partition coefficient (Wildman–Crippen LogP) is 3.55. The number of nitrogens with one attached hydrogen (secondary N) is 4. The maximum Gasteiger partial charge on any atom is 0.252 e. The first-order chi connectivity index (χ1) is 30.7. The van der Waals surface area contributed by atoms with Crippen molar-refractivity contribution in [1.82, 2.24) is 44.4 Å². The van der Waals surface area contributed by atoms with Crippen LogP contribution in [0.3, 0.4) is 0 Å². The quantitative estimate of drug-likeness (QED) is 0.107. The van der Waals surface area contributed by atoms with Crippen molar-refractivity contribution in [3.8, 4) is 11.3 Å². The summed E-state index contributed by atoms with van der Waals surface area (Å²) in [6, 6.07) is 15.5. The molecule has 1 aliphatic carbocycles. The van der Waals surface area contributed by atoms with Gasteiger partial charge in [-0.3, -0.25) is 29.4 Å². The molecule has 4 aromatic rings. The van der Waals surface area contributed by atoms with E-state index in [-0.39, 0.29) is 35.6 Å². The number of benzene rings is 1. The van der Waals surface area contributed by atoms with Gasteiger partial charge >= 0.3 is 0 Å². The Hall–Kier alpha value is -5.07. The van der Waals surface area contributed by atoms with Gasteiger partial charge in [0.15, 0.2) is 11.5 Å². The van der Waals surface area contributed by atoms with Gasteiger partial charge in [0.2, 0.25) is 17.7 Å². The largest absolute Gasteiger partial charge is 0.574 e. The maximum atomic E-state index is 13.6. The van der Waals surface area contributed by atoms with Crippen LogP contribution >= 0.6 is 0 Å². The highest BCUT2D eigenvalue weighted by Crippen LogP contribution is 2.30. The van der Waals surface area contributed by atoms with Crippen LogP contribution in [0.25, 0.3) is 16.9 Å². The molecule has 1 aromatic carbocycles. The first-order valence-corrected chi connectivity index (χ1v) is 24.0. The smallest absolute Gasteiger partial charge is 0.252 e. The number of nitrogens with zero attached hydrogens (tertiary/aromatic N) is 7. The third-order valence-electron chi connectivity index (χ3n) is 13.7. The Morgan fingerprint density at radius 3 is 2.43 bits per heavy atom. The van der Waals surface area contributed by atoms with Crippen molar-refractivity contribution in [2.24, 2.45) is 11.8 Å². The highest BCUT2D eigenvalue weighted by molar-refractivity contribution is 7.90. The Kier molecular flexibility index (Phi) is 13.5. The number of amides is 4. The molecule has 16 nitrogen and oxygen atoms in total. The van der Waals surface area contributed by atoms with E-state index in [9.17, 15) is 23.7 Å². The predicted molar refractivity (Wildman–Crippen MR) is 242 cm³/mol. The number of imidazole rings is 1. The van der Waals surface area contributed by atoms with Crippen LogP contribution < -0.4 is 25.0 Å². The Morgan fingerprint density at radius 1 is 0.857 bits per heavy atom. The highest BCUT2D eigenvalue weighted by atomic mass is 32.2. The van der Waals surface area contributed by atoms with Gasteiger partial charge in [-0.15, -0.1) is 4.72 Å². The lowest BCUT2D eigenvalue weighted by Gasteiger charge is -2.40. The van der Waals surface area contributed by atoms with Gasteiger partial charge in [-0.05, 0) is 112 Å². The average Bonchev–Trinajstić information content (AvgIpc) is 3.72. The van der Waals surface area contributed by atoms with Crippen LogP contribution in [-0.4, -0.2) is 135 Å². The molecule has 2 atom stereocenters. The standard InChI is InChI=1S/C46H59N11O5S/c58-43-10-8-39(45(60)51-43)34-11-16-47-42(28-34)55-20-12-32(13-21-55)29-54-18-14-33(15-19-54)46(61)56-25-23-53(24-26-56)22-17-48-63(62)52-38-6-1-3-35(27-38)40-31-57-30-36(7-9-41(57)50-40)44(59)49-37-4-2-5-37/h1,3,6-7,9,11,16,27-28,30-33,37,39,48,52H,2,4-5,8,10,12-15,17-26,29H2,(H,49,59)(H,51,58,60).